The minimum Gasteiger partial charge on any atom is -0.377 e. The molecule has 0 radical (unpaired) electrons. The van der Waals surface area contributed by atoms with Gasteiger partial charge in [-0.3, -0.25) is 0 Å². The quantitative estimate of drug-likeness (QED) is 0.470. The maximum absolute atomic E-state index is 12.0. The smallest absolute Gasteiger partial charge is 0.377 e. The molecule has 0 unspecified atom stereocenters. The Labute approximate surface area is 138 Å². The van der Waals surface area contributed by atoms with Gasteiger partial charge < -0.3 is 13.3 Å². The Balaban J connectivity index is 2.73. The summed E-state index contributed by atoms with van der Waals surface area (Å²) in [7, 11) is -1.12. The lowest BCUT2D eigenvalue weighted by Crippen LogP contribution is -2.43. The summed E-state index contributed by atoms with van der Waals surface area (Å²) in [5.74, 6) is 0.415. The van der Waals surface area contributed by atoms with E-state index in [1.54, 1.807) is 33.5 Å². The van der Waals surface area contributed by atoms with Gasteiger partial charge >= 0.3 is 8.80 Å². The van der Waals surface area contributed by atoms with Crippen LogP contribution in [-0.4, -0.2) is 50.2 Å². The average molecular weight is 367 g/mol. The van der Waals surface area contributed by atoms with E-state index in [2.05, 4.69) is 0 Å². The van der Waals surface area contributed by atoms with Gasteiger partial charge in [-0.05, 0) is 30.5 Å². The molecule has 0 aromatic heterocycles. The van der Waals surface area contributed by atoms with Crippen molar-refractivity contribution < 1.29 is 21.7 Å². The SMILES string of the molecule is CO[Si](CCc1ccc(S(=O)(=O)CCCCl)cc1)(OC)OC. The molecule has 0 N–H and O–H groups in total. The topological polar surface area (TPSA) is 61.8 Å². The molecule has 1 rings (SSSR count). The number of sulfone groups is 1. The highest BCUT2D eigenvalue weighted by molar-refractivity contribution is 7.91. The molecule has 0 spiro atoms. The summed E-state index contributed by atoms with van der Waals surface area (Å²) in [5, 5.41) is 0. The van der Waals surface area contributed by atoms with E-state index in [-0.39, 0.29) is 5.75 Å². The third-order valence-corrected chi connectivity index (χ3v) is 8.29. The summed E-state index contributed by atoms with van der Waals surface area (Å²) in [6.45, 7) is 0. The van der Waals surface area contributed by atoms with Crippen molar-refractivity contribution in [2.24, 2.45) is 0 Å². The summed E-state index contributed by atoms with van der Waals surface area (Å²) >= 11 is 5.55. The zero-order valence-corrected chi connectivity index (χ0v) is 15.7. The van der Waals surface area contributed by atoms with Crippen molar-refractivity contribution in [3.63, 3.8) is 0 Å². The van der Waals surface area contributed by atoms with Crippen molar-refractivity contribution in [3.05, 3.63) is 29.8 Å². The minimum atomic E-state index is -3.25. The van der Waals surface area contributed by atoms with Crippen LogP contribution in [0.2, 0.25) is 6.04 Å². The highest BCUT2D eigenvalue weighted by atomic mass is 35.5. The monoisotopic (exact) mass is 366 g/mol. The number of aryl methyl sites for hydroxylation is 1. The van der Waals surface area contributed by atoms with Crippen LogP contribution in [0.4, 0.5) is 0 Å². The first-order valence-corrected chi connectivity index (χ1v) is 11.1. The summed E-state index contributed by atoms with van der Waals surface area (Å²) in [6.07, 6.45) is 1.15. The van der Waals surface area contributed by atoms with E-state index in [9.17, 15) is 8.42 Å². The lowest BCUT2D eigenvalue weighted by atomic mass is 10.2. The van der Waals surface area contributed by atoms with Crippen molar-refractivity contribution >= 4 is 30.2 Å². The summed E-state index contributed by atoms with van der Waals surface area (Å²) in [5.41, 5.74) is 1.01. The summed E-state index contributed by atoms with van der Waals surface area (Å²) in [4.78, 5) is 0.329. The van der Waals surface area contributed by atoms with Crippen LogP contribution in [0.3, 0.4) is 0 Å². The first-order chi connectivity index (χ1) is 10.4. The highest BCUT2D eigenvalue weighted by Gasteiger charge is 2.37. The predicted octanol–water partition coefficient (Wildman–Crippen LogP) is 2.51. The molecule has 0 heterocycles. The van der Waals surface area contributed by atoms with E-state index in [1.165, 1.54) is 0 Å². The number of alkyl halides is 1. The fraction of sp³-hybridized carbons (Fsp3) is 0.571. The first kappa shape index (κ1) is 19.6. The zero-order chi connectivity index (χ0) is 16.6. The molecule has 0 fully saturated rings. The largest absolute Gasteiger partial charge is 0.500 e. The van der Waals surface area contributed by atoms with Crippen LogP contribution >= 0.6 is 11.6 Å². The van der Waals surface area contributed by atoms with Gasteiger partial charge in [-0.2, -0.15) is 0 Å². The number of hydrogen-bond acceptors (Lipinski definition) is 5. The molecule has 126 valence electrons. The van der Waals surface area contributed by atoms with Gasteiger partial charge in [-0.25, -0.2) is 8.42 Å². The van der Waals surface area contributed by atoms with E-state index in [0.29, 0.717) is 29.7 Å². The Morgan fingerprint density at radius 3 is 2.05 bits per heavy atom. The lowest BCUT2D eigenvalue weighted by Gasteiger charge is -2.24. The number of hydrogen-bond donors (Lipinski definition) is 0. The lowest BCUT2D eigenvalue weighted by molar-refractivity contribution is 0.123. The van der Waals surface area contributed by atoms with E-state index in [0.717, 1.165) is 5.56 Å². The Bertz CT molecular complexity index is 535. The summed E-state index contributed by atoms with van der Waals surface area (Å²) < 4.78 is 40.2. The summed E-state index contributed by atoms with van der Waals surface area (Å²) in [6, 6.07) is 7.53. The van der Waals surface area contributed by atoms with E-state index < -0.39 is 18.6 Å². The van der Waals surface area contributed by atoms with Gasteiger partial charge in [-0.1, -0.05) is 12.1 Å². The fourth-order valence-corrected chi connectivity index (χ4v) is 5.39. The molecule has 0 saturated carbocycles. The first-order valence-electron chi connectivity index (χ1n) is 6.96. The highest BCUT2D eigenvalue weighted by Crippen LogP contribution is 2.19. The number of benzene rings is 1. The molecular weight excluding hydrogens is 344 g/mol. The molecule has 1 aromatic rings. The van der Waals surface area contributed by atoms with Crippen molar-refractivity contribution in [3.8, 4) is 0 Å². The molecule has 0 aliphatic rings. The van der Waals surface area contributed by atoms with Crippen molar-refractivity contribution in [2.75, 3.05) is 33.0 Å². The standard InChI is InChI=1S/C14H23ClO5SSi/c1-18-22(19-2,20-3)12-9-13-5-7-14(8-6-13)21(16,17)11-4-10-15/h5-8H,4,9-12H2,1-3H3. The Hall–Kier alpha value is -0.443. The molecule has 0 amide bonds. The normalized spacial score (nSPS) is 12.5. The van der Waals surface area contributed by atoms with E-state index in [4.69, 9.17) is 24.9 Å². The molecule has 0 saturated heterocycles. The fourth-order valence-electron chi connectivity index (χ4n) is 2.08. The van der Waals surface area contributed by atoms with E-state index >= 15 is 0 Å². The number of rotatable bonds is 10. The van der Waals surface area contributed by atoms with Crippen molar-refractivity contribution in [1.82, 2.24) is 0 Å². The molecule has 0 bridgehead atoms. The minimum absolute atomic E-state index is 0.0723. The predicted molar refractivity (Wildman–Crippen MR) is 89.1 cm³/mol. The van der Waals surface area contributed by atoms with Crippen LogP contribution in [0, 0.1) is 0 Å². The van der Waals surface area contributed by atoms with Crippen molar-refractivity contribution in [2.45, 2.75) is 23.8 Å². The molecular formula is C14H23ClO5SSi. The average Bonchev–Trinajstić information content (AvgIpc) is 2.55. The van der Waals surface area contributed by atoms with Gasteiger partial charge in [0, 0.05) is 33.3 Å². The Kier molecular flexibility index (Phi) is 8.02. The van der Waals surface area contributed by atoms with Crippen LogP contribution in [0.15, 0.2) is 29.2 Å². The van der Waals surface area contributed by atoms with Gasteiger partial charge in [0.05, 0.1) is 10.6 Å². The van der Waals surface area contributed by atoms with Gasteiger partial charge in [0.1, 0.15) is 0 Å². The third-order valence-electron chi connectivity index (χ3n) is 3.48. The Morgan fingerprint density at radius 1 is 1.05 bits per heavy atom. The van der Waals surface area contributed by atoms with Crippen LogP contribution in [0.25, 0.3) is 0 Å². The third kappa shape index (κ3) is 5.33. The molecule has 1 aromatic carbocycles. The second-order valence-electron chi connectivity index (χ2n) is 4.80. The molecule has 8 heteroatoms. The van der Waals surface area contributed by atoms with Crippen molar-refractivity contribution in [1.29, 1.82) is 0 Å². The van der Waals surface area contributed by atoms with Crippen LogP contribution in [0.5, 0.6) is 0 Å². The molecule has 0 atom stereocenters. The van der Waals surface area contributed by atoms with Crippen LogP contribution in [0.1, 0.15) is 12.0 Å². The van der Waals surface area contributed by atoms with Gasteiger partial charge in [0.25, 0.3) is 0 Å². The molecule has 0 aliphatic carbocycles. The van der Waals surface area contributed by atoms with E-state index in [1.807, 2.05) is 12.1 Å². The van der Waals surface area contributed by atoms with Gasteiger partial charge in [0.2, 0.25) is 0 Å². The molecule has 22 heavy (non-hydrogen) atoms. The zero-order valence-electron chi connectivity index (χ0n) is 13.2. The second kappa shape index (κ2) is 9.00. The maximum Gasteiger partial charge on any atom is 0.500 e. The van der Waals surface area contributed by atoms with Crippen LogP contribution in [-0.2, 0) is 29.5 Å². The maximum atomic E-state index is 12.0. The molecule has 0 aliphatic heterocycles. The van der Waals surface area contributed by atoms with Crippen LogP contribution < -0.4 is 0 Å². The molecule has 5 nitrogen and oxygen atoms in total. The van der Waals surface area contributed by atoms with Gasteiger partial charge in [0.15, 0.2) is 9.84 Å². The van der Waals surface area contributed by atoms with Gasteiger partial charge in [-0.15, -0.1) is 11.6 Å². The Morgan fingerprint density at radius 2 is 1.59 bits per heavy atom. The number of halogens is 1. The second-order valence-corrected chi connectivity index (χ2v) is 10.4.